The first-order valence-corrected chi connectivity index (χ1v) is 6.07. The Morgan fingerprint density at radius 3 is 2.94 bits per heavy atom. The van der Waals surface area contributed by atoms with Crippen molar-refractivity contribution in [3.63, 3.8) is 0 Å². The topological polar surface area (TPSA) is 43.0 Å². The summed E-state index contributed by atoms with van der Waals surface area (Å²) < 4.78 is 7.57. The summed E-state index contributed by atoms with van der Waals surface area (Å²) in [6, 6.07) is 3.55. The van der Waals surface area contributed by atoms with Crippen LogP contribution < -0.4 is 5.32 Å². The Labute approximate surface area is 106 Å². The second-order valence-electron chi connectivity index (χ2n) is 3.84. The zero-order valence-electron chi connectivity index (χ0n) is 9.98. The van der Waals surface area contributed by atoms with E-state index in [1.807, 2.05) is 19.3 Å². The molecule has 5 heteroatoms. The van der Waals surface area contributed by atoms with Crippen LogP contribution in [0.3, 0.4) is 0 Å². The van der Waals surface area contributed by atoms with E-state index < -0.39 is 0 Å². The standard InChI is InChI=1S/C12H16ClN3O/c1-3-7-16-8-6-15-12(16)11(14-2)9-4-5-10(13)17-9/h4-6,8,11,14H,3,7H2,1-2H3. The number of nitrogens with one attached hydrogen (secondary N) is 1. The molecular weight excluding hydrogens is 238 g/mol. The molecule has 0 radical (unpaired) electrons. The molecule has 0 saturated carbocycles. The van der Waals surface area contributed by atoms with E-state index in [2.05, 4.69) is 21.8 Å². The van der Waals surface area contributed by atoms with Gasteiger partial charge in [-0.3, -0.25) is 0 Å². The fourth-order valence-corrected chi connectivity index (χ4v) is 2.05. The molecule has 17 heavy (non-hydrogen) atoms. The number of hydrogen-bond acceptors (Lipinski definition) is 3. The normalized spacial score (nSPS) is 12.9. The summed E-state index contributed by atoms with van der Waals surface area (Å²) in [7, 11) is 1.88. The van der Waals surface area contributed by atoms with Gasteiger partial charge in [-0.25, -0.2) is 4.98 Å². The van der Waals surface area contributed by atoms with E-state index in [4.69, 9.17) is 16.0 Å². The number of furan rings is 1. The van der Waals surface area contributed by atoms with E-state index in [1.165, 1.54) is 0 Å². The van der Waals surface area contributed by atoms with Crippen molar-refractivity contribution in [2.75, 3.05) is 7.05 Å². The maximum absolute atomic E-state index is 5.80. The maximum Gasteiger partial charge on any atom is 0.193 e. The molecule has 0 aliphatic carbocycles. The molecule has 4 nitrogen and oxygen atoms in total. The maximum atomic E-state index is 5.80. The Balaban J connectivity index is 2.31. The third-order valence-corrected chi connectivity index (χ3v) is 2.84. The lowest BCUT2D eigenvalue weighted by Gasteiger charge is -2.15. The molecule has 0 aromatic carbocycles. The van der Waals surface area contributed by atoms with Crippen molar-refractivity contribution in [1.82, 2.24) is 14.9 Å². The van der Waals surface area contributed by atoms with Crippen molar-refractivity contribution < 1.29 is 4.42 Å². The molecule has 0 bridgehead atoms. The molecule has 0 saturated heterocycles. The Bertz CT molecular complexity index is 478. The van der Waals surface area contributed by atoms with Crippen molar-refractivity contribution in [3.05, 3.63) is 41.3 Å². The van der Waals surface area contributed by atoms with Crippen molar-refractivity contribution in [2.24, 2.45) is 0 Å². The first-order chi connectivity index (χ1) is 8.26. The van der Waals surface area contributed by atoms with Gasteiger partial charge in [-0.05, 0) is 37.2 Å². The zero-order chi connectivity index (χ0) is 12.3. The molecule has 2 rings (SSSR count). The lowest BCUT2D eigenvalue weighted by molar-refractivity contribution is 0.443. The summed E-state index contributed by atoms with van der Waals surface area (Å²) in [4.78, 5) is 4.39. The molecule has 1 N–H and O–H groups in total. The fraction of sp³-hybridized carbons (Fsp3) is 0.417. The van der Waals surface area contributed by atoms with E-state index in [9.17, 15) is 0 Å². The highest BCUT2D eigenvalue weighted by Gasteiger charge is 2.20. The van der Waals surface area contributed by atoms with Crippen LogP contribution in [0.25, 0.3) is 0 Å². The van der Waals surface area contributed by atoms with Gasteiger partial charge in [0.2, 0.25) is 0 Å². The molecule has 0 fully saturated rings. The predicted molar refractivity (Wildman–Crippen MR) is 67.1 cm³/mol. The van der Waals surface area contributed by atoms with Crippen molar-refractivity contribution in [3.8, 4) is 0 Å². The number of halogens is 1. The van der Waals surface area contributed by atoms with E-state index in [0.717, 1.165) is 24.6 Å². The molecule has 2 aromatic rings. The Hall–Kier alpha value is -1.26. The van der Waals surface area contributed by atoms with Crippen LogP contribution in [0.15, 0.2) is 28.9 Å². The lowest BCUT2D eigenvalue weighted by Crippen LogP contribution is -2.21. The first-order valence-electron chi connectivity index (χ1n) is 5.69. The average Bonchev–Trinajstić information content (AvgIpc) is 2.91. The SMILES string of the molecule is CCCn1ccnc1C(NC)c1ccc(Cl)o1. The Kier molecular flexibility index (Phi) is 3.86. The molecule has 2 aromatic heterocycles. The van der Waals surface area contributed by atoms with Crippen molar-refractivity contribution in [1.29, 1.82) is 0 Å². The van der Waals surface area contributed by atoms with Crippen molar-refractivity contribution >= 4 is 11.6 Å². The third kappa shape index (κ3) is 2.53. The lowest BCUT2D eigenvalue weighted by atomic mass is 10.2. The van der Waals surface area contributed by atoms with Crippen molar-refractivity contribution in [2.45, 2.75) is 25.9 Å². The summed E-state index contributed by atoms with van der Waals surface area (Å²) in [5.74, 6) is 1.72. The summed E-state index contributed by atoms with van der Waals surface area (Å²) in [5.41, 5.74) is 0. The van der Waals surface area contributed by atoms with Gasteiger partial charge in [0.15, 0.2) is 5.22 Å². The number of nitrogens with zero attached hydrogens (tertiary/aromatic N) is 2. The number of rotatable bonds is 5. The second kappa shape index (κ2) is 5.38. The molecule has 92 valence electrons. The van der Waals surface area contributed by atoms with Gasteiger partial charge in [-0.15, -0.1) is 0 Å². The molecule has 0 amide bonds. The van der Waals surface area contributed by atoms with E-state index in [-0.39, 0.29) is 6.04 Å². The quantitative estimate of drug-likeness (QED) is 0.891. The van der Waals surface area contributed by atoms with Gasteiger partial charge in [0.25, 0.3) is 0 Å². The van der Waals surface area contributed by atoms with Crippen LogP contribution in [-0.4, -0.2) is 16.6 Å². The van der Waals surface area contributed by atoms with Crippen LogP contribution >= 0.6 is 11.6 Å². The largest absolute Gasteiger partial charge is 0.448 e. The van der Waals surface area contributed by atoms with Crippen LogP contribution in [0.4, 0.5) is 0 Å². The van der Waals surface area contributed by atoms with Gasteiger partial charge in [0.05, 0.1) is 0 Å². The third-order valence-electron chi connectivity index (χ3n) is 2.64. The number of aromatic nitrogens is 2. The monoisotopic (exact) mass is 253 g/mol. The van der Waals surface area contributed by atoms with Gasteiger partial charge < -0.3 is 14.3 Å². The molecule has 0 aliphatic rings. The minimum Gasteiger partial charge on any atom is -0.448 e. The summed E-state index contributed by atoms with van der Waals surface area (Å²) in [6.07, 6.45) is 4.85. The van der Waals surface area contributed by atoms with E-state index in [0.29, 0.717) is 5.22 Å². The molecule has 0 aliphatic heterocycles. The fourth-order valence-electron chi connectivity index (χ4n) is 1.89. The van der Waals surface area contributed by atoms with Crippen LogP contribution in [0.2, 0.25) is 5.22 Å². The van der Waals surface area contributed by atoms with E-state index >= 15 is 0 Å². The molecule has 1 atom stereocenters. The highest BCUT2D eigenvalue weighted by Crippen LogP contribution is 2.24. The molecule has 0 spiro atoms. The minimum absolute atomic E-state index is 0.0657. The van der Waals surface area contributed by atoms with Crippen LogP contribution in [0, 0.1) is 0 Å². The number of aryl methyl sites for hydroxylation is 1. The summed E-state index contributed by atoms with van der Waals surface area (Å²) in [6.45, 7) is 3.09. The van der Waals surface area contributed by atoms with Gasteiger partial charge in [0.1, 0.15) is 17.6 Å². The Morgan fingerprint density at radius 1 is 1.53 bits per heavy atom. The van der Waals surface area contributed by atoms with Crippen LogP contribution in [0.5, 0.6) is 0 Å². The number of hydrogen-bond donors (Lipinski definition) is 1. The van der Waals surface area contributed by atoms with Gasteiger partial charge in [-0.2, -0.15) is 0 Å². The van der Waals surface area contributed by atoms with Gasteiger partial charge in [0, 0.05) is 18.9 Å². The highest BCUT2D eigenvalue weighted by atomic mass is 35.5. The van der Waals surface area contributed by atoms with Gasteiger partial charge in [-0.1, -0.05) is 6.92 Å². The molecular formula is C12H16ClN3O. The first kappa shape index (κ1) is 12.2. The second-order valence-corrected chi connectivity index (χ2v) is 4.21. The zero-order valence-corrected chi connectivity index (χ0v) is 10.7. The van der Waals surface area contributed by atoms with E-state index in [1.54, 1.807) is 12.3 Å². The van der Waals surface area contributed by atoms with Gasteiger partial charge >= 0.3 is 0 Å². The van der Waals surface area contributed by atoms with Crippen LogP contribution in [0.1, 0.15) is 31.0 Å². The summed E-state index contributed by atoms with van der Waals surface area (Å²) in [5, 5.41) is 3.59. The molecule has 1 unspecified atom stereocenters. The highest BCUT2D eigenvalue weighted by molar-refractivity contribution is 6.28. The molecule has 2 heterocycles. The van der Waals surface area contributed by atoms with Crippen LogP contribution in [-0.2, 0) is 6.54 Å². The number of imidazole rings is 1. The minimum atomic E-state index is -0.0657. The predicted octanol–water partition coefficient (Wildman–Crippen LogP) is 2.85. The average molecular weight is 254 g/mol. The summed E-state index contributed by atoms with van der Waals surface area (Å²) >= 11 is 5.80. The smallest absolute Gasteiger partial charge is 0.193 e. The Morgan fingerprint density at radius 2 is 2.35 bits per heavy atom.